The molecule has 4 N–H and O–H groups in total. The van der Waals surface area contributed by atoms with Crippen molar-refractivity contribution in [3.05, 3.63) is 12.4 Å². The number of amides is 2. The molecule has 0 saturated heterocycles. The van der Waals surface area contributed by atoms with Gasteiger partial charge in [0, 0.05) is 19.3 Å². The van der Waals surface area contributed by atoms with Crippen molar-refractivity contribution in [2.75, 3.05) is 11.9 Å². The van der Waals surface area contributed by atoms with Crippen molar-refractivity contribution < 1.29 is 19.8 Å². The number of hydrogen-bond donors (Lipinski definition) is 4. The molecule has 0 aliphatic heterocycles. The molecule has 8 nitrogen and oxygen atoms in total. The van der Waals surface area contributed by atoms with Crippen molar-refractivity contribution in [3.8, 4) is 0 Å². The highest BCUT2D eigenvalue weighted by atomic mass is 16.4. The highest BCUT2D eigenvalue weighted by Crippen LogP contribution is 2.08. The summed E-state index contributed by atoms with van der Waals surface area (Å²) in [5.74, 6) is -1.13. The molecule has 1 rings (SSSR count). The van der Waals surface area contributed by atoms with Crippen LogP contribution in [0.25, 0.3) is 0 Å². The van der Waals surface area contributed by atoms with E-state index in [0.29, 0.717) is 12.2 Å². The summed E-state index contributed by atoms with van der Waals surface area (Å²) in [6.45, 7) is 3.79. The predicted octanol–water partition coefficient (Wildman–Crippen LogP) is 0.250. The van der Waals surface area contributed by atoms with Crippen molar-refractivity contribution in [1.29, 1.82) is 0 Å². The van der Waals surface area contributed by atoms with Crippen molar-refractivity contribution in [2.45, 2.75) is 32.4 Å². The fourth-order valence-corrected chi connectivity index (χ4v) is 1.44. The topological polar surface area (TPSA) is 116 Å². The number of hydrogen-bond acceptors (Lipinski definition) is 4. The lowest BCUT2D eigenvalue weighted by Gasteiger charge is -2.21. The van der Waals surface area contributed by atoms with Crippen LogP contribution in [0.2, 0.25) is 0 Å². The number of carbonyl (C=O) groups excluding carboxylic acids is 1. The van der Waals surface area contributed by atoms with E-state index in [1.807, 2.05) is 6.92 Å². The lowest BCUT2D eigenvalue weighted by molar-refractivity contribution is -0.141. The van der Waals surface area contributed by atoms with Gasteiger partial charge in [-0.3, -0.25) is 9.48 Å². The van der Waals surface area contributed by atoms with Crippen molar-refractivity contribution in [3.63, 3.8) is 0 Å². The average Bonchev–Trinajstić information content (AvgIpc) is 2.72. The largest absolute Gasteiger partial charge is 0.481 e. The second-order valence-electron chi connectivity index (χ2n) is 4.46. The highest BCUT2D eigenvalue weighted by Gasteiger charge is 2.24. The average molecular weight is 270 g/mol. The molecule has 1 atom stereocenters. The lowest BCUT2D eigenvalue weighted by atomic mass is 10.0. The van der Waals surface area contributed by atoms with Crippen molar-refractivity contribution in [1.82, 2.24) is 15.1 Å². The molecule has 1 aromatic heterocycles. The highest BCUT2D eigenvalue weighted by molar-refractivity contribution is 5.88. The van der Waals surface area contributed by atoms with Crippen LogP contribution in [0.3, 0.4) is 0 Å². The number of nitrogens with one attached hydrogen (secondary N) is 2. The molecule has 0 spiro atoms. The van der Waals surface area contributed by atoms with Crippen LogP contribution >= 0.6 is 0 Å². The quantitative estimate of drug-likeness (QED) is 0.591. The summed E-state index contributed by atoms with van der Waals surface area (Å²) >= 11 is 0. The number of carbonyl (C=O) groups is 2. The third kappa shape index (κ3) is 5.38. The monoisotopic (exact) mass is 270 g/mol. The van der Waals surface area contributed by atoms with Crippen LogP contribution in [-0.2, 0) is 11.3 Å². The van der Waals surface area contributed by atoms with Gasteiger partial charge in [-0.25, -0.2) is 4.79 Å². The number of aryl methyl sites for hydroxylation is 1. The van der Waals surface area contributed by atoms with Gasteiger partial charge in [-0.15, -0.1) is 0 Å². The zero-order chi connectivity index (χ0) is 14.5. The van der Waals surface area contributed by atoms with Crippen LogP contribution in [0.4, 0.5) is 10.5 Å². The number of nitrogens with zero attached hydrogens (tertiary/aromatic N) is 2. The number of carboxylic acid groups (broad SMARTS) is 1. The summed E-state index contributed by atoms with van der Waals surface area (Å²) in [5, 5.41) is 27.2. The fourth-order valence-electron chi connectivity index (χ4n) is 1.44. The molecule has 0 bridgehead atoms. The van der Waals surface area contributed by atoms with Crippen LogP contribution in [0.5, 0.6) is 0 Å². The minimum Gasteiger partial charge on any atom is -0.481 e. The maximum atomic E-state index is 11.5. The molecule has 0 aliphatic carbocycles. The van der Waals surface area contributed by atoms with E-state index in [9.17, 15) is 14.7 Å². The fraction of sp³-hybridized carbons (Fsp3) is 0.545. The predicted molar refractivity (Wildman–Crippen MR) is 67.8 cm³/mol. The Bertz CT molecular complexity index is 455. The number of aromatic nitrogens is 2. The maximum absolute atomic E-state index is 11.5. The van der Waals surface area contributed by atoms with Gasteiger partial charge in [0.25, 0.3) is 0 Å². The van der Waals surface area contributed by atoms with E-state index in [4.69, 9.17) is 5.11 Å². The third-order valence-corrected chi connectivity index (χ3v) is 2.38. The van der Waals surface area contributed by atoms with Gasteiger partial charge in [0.15, 0.2) is 0 Å². The van der Waals surface area contributed by atoms with Gasteiger partial charge in [0.2, 0.25) is 0 Å². The molecule has 106 valence electrons. The molecule has 0 saturated carbocycles. The molecule has 1 aromatic rings. The van der Waals surface area contributed by atoms with Gasteiger partial charge in [-0.05, 0) is 13.8 Å². The van der Waals surface area contributed by atoms with Gasteiger partial charge < -0.3 is 20.8 Å². The van der Waals surface area contributed by atoms with Crippen LogP contribution in [0.1, 0.15) is 20.3 Å². The van der Waals surface area contributed by atoms with Crippen molar-refractivity contribution >= 4 is 17.7 Å². The Morgan fingerprint density at radius 1 is 1.53 bits per heavy atom. The van der Waals surface area contributed by atoms with E-state index in [1.54, 1.807) is 10.9 Å². The van der Waals surface area contributed by atoms with Crippen LogP contribution < -0.4 is 10.6 Å². The number of carboxylic acids is 1. The molecule has 8 heteroatoms. The molecule has 0 aliphatic rings. The summed E-state index contributed by atoms with van der Waals surface area (Å²) < 4.78 is 1.65. The number of anilines is 1. The number of aliphatic carboxylic acids is 1. The summed E-state index contributed by atoms with van der Waals surface area (Å²) in [6.07, 6.45) is 2.72. The van der Waals surface area contributed by atoms with Gasteiger partial charge in [-0.1, -0.05) is 0 Å². The summed E-state index contributed by atoms with van der Waals surface area (Å²) in [6, 6.07) is -0.527. The SMILES string of the molecule is CCn1cc(NC(=O)NCC(C)(O)CC(=O)O)cn1. The summed E-state index contributed by atoms with van der Waals surface area (Å²) in [4.78, 5) is 22.0. The standard InChI is InChI=1S/C11H18N4O4/c1-3-15-6-8(5-13-15)14-10(18)12-7-11(2,19)4-9(16)17/h5-6,19H,3-4,7H2,1-2H3,(H,16,17)(H2,12,14,18). The Labute approximate surface area is 110 Å². The minimum atomic E-state index is -1.49. The van der Waals surface area contributed by atoms with E-state index in [-0.39, 0.29) is 6.54 Å². The molecule has 0 fully saturated rings. The Morgan fingerprint density at radius 2 is 2.21 bits per heavy atom. The molecule has 2 amide bonds. The van der Waals surface area contributed by atoms with E-state index in [1.165, 1.54) is 13.1 Å². The number of aliphatic hydroxyl groups is 1. The Morgan fingerprint density at radius 3 is 2.74 bits per heavy atom. The molecular weight excluding hydrogens is 252 g/mol. The van der Waals surface area contributed by atoms with Gasteiger partial charge in [0.05, 0.1) is 23.9 Å². The Hall–Kier alpha value is -2.09. The summed E-state index contributed by atoms with van der Waals surface area (Å²) in [5.41, 5.74) is -0.964. The summed E-state index contributed by atoms with van der Waals surface area (Å²) in [7, 11) is 0. The normalized spacial score (nSPS) is 13.6. The molecule has 1 unspecified atom stereocenters. The van der Waals surface area contributed by atoms with Gasteiger partial charge in [0.1, 0.15) is 0 Å². The zero-order valence-corrected chi connectivity index (χ0v) is 10.9. The van der Waals surface area contributed by atoms with Gasteiger partial charge >= 0.3 is 12.0 Å². The minimum absolute atomic E-state index is 0.160. The number of urea groups is 1. The van der Waals surface area contributed by atoms with Crippen LogP contribution in [-0.4, -0.2) is 44.1 Å². The molecule has 0 aromatic carbocycles. The Kier molecular flexibility index (Phi) is 4.87. The molecule has 0 radical (unpaired) electrons. The second kappa shape index (κ2) is 6.19. The lowest BCUT2D eigenvalue weighted by Crippen LogP contribution is -2.43. The molecular formula is C11H18N4O4. The first kappa shape index (κ1) is 15.0. The smallest absolute Gasteiger partial charge is 0.319 e. The molecule has 1 heterocycles. The van der Waals surface area contributed by atoms with Crippen LogP contribution in [0, 0.1) is 0 Å². The third-order valence-electron chi connectivity index (χ3n) is 2.38. The van der Waals surface area contributed by atoms with E-state index in [0.717, 1.165) is 0 Å². The first-order valence-corrected chi connectivity index (χ1v) is 5.84. The zero-order valence-electron chi connectivity index (χ0n) is 10.9. The van der Waals surface area contributed by atoms with E-state index < -0.39 is 24.0 Å². The second-order valence-corrected chi connectivity index (χ2v) is 4.46. The Balaban J connectivity index is 2.41. The molecule has 19 heavy (non-hydrogen) atoms. The van der Waals surface area contributed by atoms with E-state index >= 15 is 0 Å². The maximum Gasteiger partial charge on any atom is 0.319 e. The van der Waals surface area contributed by atoms with E-state index in [2.05, 4.69) is 15.7 Å². The van der Waals surface area contributed by atoms with Crippen LogP contribution in [0.15, 0.2) is 12.4 Å². The first-order chi connectivity index (χ1) is 8.82. The van der Waals surface area contributed by atoms with Gasteiger partial charge in [-0.2, -0.15) is 5.10 Å². The first-order valence-electron chi connectivity index (χ1n) is 5.84. The number of rotatable bonds is 6. The van der Waals surface area contributed by atoms with Crippen molar-refractivity contribution in [2.24, 2.45) is 0 Å².